The molecule has 39 valence electrons. The van der Waals surface area contributed by atoms with Crippen molar-refractivity contribution in [2.75, 3.05) is 0 Å². The Morgan fingerprint density at radius 3 is 2.00 bits per heavy atom. The van der Waals surface area contributed by atoms with Gasteiger partial charge in [-0.1, -0.05) is 19.8 Å². The first-order chi connectivity index (χ1) is 3.18. The van der Waals surface area contributed by atoms with Gasteiger partial charge in [-0.25, -0.2) is 0 Å². The largest absolute Gasteiger partial charge is 0.380 e. The molecule has 0 saturated heterocycles. The summed E-state index contributed by atoms with van der Waals surface area (Å²) in [7, 11) is 0. The van der Waals surface area contributed by atoms with Crippen molar-refractivity contribution in [3.63, 3.8) is 0 Å². The van der Waals surface area contributed by atoms with E-state index in [4.69, 9.17) is 11.5 Å². The molecule has 0 aromatic rings. The third-order valence-corrected chi connectivity index (χ3v) is 0.779. The highest BCUT2D eigenvalue weighted by atomic mass is 16.3. The molecule has 1 nitrogen and oxygen atoms in total. The lowest BCUT2D eigenvalue weighted by molar-refractivity contribution is 0.181. The maximum Gasteiger partial charge on any atom is 0.118 e. The fourth-order valence-corrected chi connectivity index (χ4v) is 0.167. The van der Waals surface area contributed by atoms with E-state index in [9.17, 15) is 0 Å². The number of hydrogen-bond donors (Lipinski definition) is 1. The quantitative estimate of drug-likeness (QED) is 0.475. The van der Waals surface area contributed by atoms with Crippen LogP contribution in [-0.4, -0.2) is 11.2 Å². The molecule has 0 aromatic heterocycles. The van der Waals surface area contributed by atoms with Crippen molar-refractivity contribution in [2.45, 2.75) is 20.0 Å². The lowest BCUT2D eigenvalue weighted by Crippen LogP contribution is -2.10. The van der Waals surface area contributed by atoms with Gasteiger partial charge in [-0.2, -0.15) is 0 Å². The Morgan fingerprint density at radius 2 is 2.00 bits per heavy atom. The van der Waals surface area contributed by atoms with Gasteiger partial charge in [-0.3, -0.25) is 0 Å². The van der Waals surface area contributed by atoms with Crippen molar-refractivity contribution >= 4 is 0 Å². The Balaban J connectivity index is 3.40. The van der Waals surface area contributed by atoms with Crippen LogP contribution >= 0.6 is 0 Å². The van der Waals surface area contributed by atoms with Crippen LogP contribution in [0, 0.1) is 18.3 Å². The summed E-state index contributed by atoms with van der Waals surface area (Å²) in [6.45, 7) is 3.68. The van der Waals surface area contributed by atoms with E-state index in [1.165, 1.54) is 0 Å². The van der Waals surface area contributed by atoms with Crippen molar-refractivity contribution < 1.29 is 5.11 Å². The minimum Gasteiger partial charge on any atom is -0.380 e. The predicted molar refractivity (Wildman–Crippen MR) is 28.0 cm³/mol. The average Bonchev–Trinajstić information content (AvgIpc) is 1.65. The Hall–Kier alpha value is -0.480. The fourth-order valence-electron chi connectivity index (χ4n) is 0.167. The van der Waals surface area contributed by atoms with Gasteiger partial charge < -0.3 is 5.11 Å². The molecule has 0 bridgehead atoms. The van der Waals surface area contributed by atoms with Gasteiger partial charge in [-0.05, 0) is 12.3 Å². The second-order valence-corrected chi connectivity index (χ2v) is 1.83. The fraction of sp³-hybridized carbons (Fsp3) is 0.667. The summed E-state index contributed by atoms with van der Waals surface area (Å²) in [5.74, 6) is 2.09. The molecule has 1 heteroatoms. The van der Waals surface area contributed by atoms with E-state index in [0.29, 0.717) is 0 Å². The van der Waals surface area contributed by atoms with Gasteiger partial charge >= 0.3 is 0 Å². The van der Waals surface area contributed by atoms with E-state index >= 15 is 0 Å². The van der Waals surface area contributed by atoms with Gasteiger partial charge in [-0.15, -0.1) is 0 Å². The van der Waals surface area contributed by atoms with Gasteiger partial charge in [0, 0.05) is 0 Å². The number of hydrogen-bond acceptors (Lipinski definition) is 1. The van der Waals surface area contributed by atoms with Gasteiger partial charge in [0.1, 0.15) is 6.10 Å². The summed E-state index contributed by atoms with van der Waals surface area (Å²) in [5.41, 5.74) is 0. The second kappa shape index (κ2) is 2.65. The first-order valence-electron chi connectivity index (χ1n) is 2.28. The van der Waals surface area contributed by atoms with Crippen molar-refractivity contribution in [3.8, 4) is 5.92 Å². The zero-order valence-corrected chi connectivity index (χ0v) is 4.60. The van der Waals surface area contributed by atoms with Gasteiger partial charge in [0.2, 0.25) is 0 Å². The van der Waals surface area contributed by atoms with Crippen LogP contribution in [0.5, 0.6) is 0 Å². The molecular weight excluding hydrogens is 88.1 g/mol. The molecular formula is C6H9O. The normalized spacial score (nSPS) is 13.6. The zero-order valence-electron chi connectivity index (χ0n) is 4.60. The predicted octanol–water partition coefficient (Wildman–Crippen LogP) is 0.593. The first-order valence-corrected chi connectivity index (χ1v) is 2.28. The van der Waals surface area contributed by atoms with Gasteiger partial charge in [0.05, 0.1) is 0 Å². The topological polar surface area (TPSA) is 20.2 Å². The molecule has 0 spiro atoms. The summed E-state index contributed by atoms with van der Waals surface area (Å²) in [5, 5.41) is 8.64. The summed E-state index contributed by atoms with van der Waals surface area (Å²) in [4.78, 5) is 0. The molecule has 1 unspecified atom stereocenters. The third-order valence-electron chi connectivity index (χ3n) is 0.779. The molecule has 0 rings (SSSR count). The summed E-state index contributed by atoms with van der Waals surface area (Å²) in [6.07, 6.45) is 5.76. The molecule has 1 radical (unpaired) electrons. The molecule has 0 aliphatic rings. The van der Waals surface area contributed by atoms with Crippen molar-refractivity contribution in [1.29, 1.82) is 0 Å². The van der Waals surface area contributed by atoms with E-state index in [2.05, 4.69) is 0 Å². The van der Waals surface area contributed by atoms with Crippen LogP contribution in [0.4, 0.5) is 0 Å². The van der Waals surface area contributed by atoms with E-state index < -0.39 is 6.10 Å². The minimum absolute atomic E-state index is 0.123. The van der Waals surface area contributed by atoms with E-state index in [1.54, 1.807) is 0 Å². The van der Waals surface area contributed by atoms with E-state index in [1.807, 2.05) is 19.8 Å². The van der Waals surface area contributed by atoms with Crippen LogP contribution in [0.15, 0.2) is 0 Å². The van der Waals surface area contributed by atoms with Crippen LogP contribution < -0.4 is 0 Å². The number of rotatable bonds is 1. The second-order valence-electron chi connectivity index (χ2n) is 1.83. The Labute approximate surface area is 44.4 Å². The summed E-state index contributed by atoms with van der Waals surface area (Å²) < 4.78 is 0. The SMILES string of the molecule is [C]#CC(O)C(C)C. The Morgan fingerprint density at radius 1 is 1.57 bits per heavy atom. The molecule has 0 fully saturated rings. The van der Waals surface area contributed by atoms with Crippen molar-refractivity contribution in [3.05, 3.63) is 6.42 Å². The zero-order chi connectivity index (χ0) is 5.86. The van der Waals surface area contributed by atoms with Gasteiger partial charge in [0.15, 0.2) is 0 Å². The smallest absolute Gasteiger partial charge is 0.118 e. The minimum atomic E-state index is -0.681. The van der Waals surface area contributed by atoms with Crippen LogP contribution in [-0.2, 0) is 0 Å². The third kappa shape index (κ3) is 2.24. The number of aliphatic hydroxyl groups excluding tert-OH is 1. The van der Waals surface area contributed by atoms with Crippen LogP contribution in [0.1, 0.15) is 13.8 Å². The summed E-state index contributed by atoms with van der Waals surface area (Å²) >= 11 is 0. The summed E-state index contributed by atoms with van der Waals surface area (Å²) in [6, 6.07) is 0. The molecule has 1 N–H and O–H groups in total. The molecule has 0 heterocycles. The Bertz CT molecular complexity index is 78.7. The van der Waals surface area contributed by atoms with Crippen LogP contribution in [0.25, 0.3) is 0 Å². The van der Waals surface area contributed by atoms with E-state index in [0.717, 1.165) is 0 Å². The average molecular weight is 97.1 g/mol. The lowest BCUT2D eigenvalue weighted by Gasteiger charge is -2.03. The molecule has 1 atom stereocenters. The van der Waals surface area contributed by atoms with Gasteiger partial charge in [0.25, 0.3) is 0 Å². The first kappa shape index (κ1) is 6.52. The molecule has 0 amide bonds. The van der Waals surface area contributed by atoms with E-state index in [-0.39, 0.29) is 5.92 Å². The van der Waals surface area contributed by atoms with Crippen LogP contribution in [0.3, 0.4) is 0 Å². The molecule has 0 aliphatic carbocycles. The van der Waals surface area contributed by atoms with Crippen LogP contribution in [0.2, 0.25) is 0 Å². The molecule has 0 aromatic carbocycles. The lowest BCUT2D eigenvalue weighted by atomic mass is 10.1. The highest BCUT2D eigenvalue weighted by Crippen LogP contribution is 1.96. The molecule has 0 saturated carbocycles. The van der Waals surface area contributed by atoms with Crippen molar-refractivity contribution in [1.82, 2.24) is 0 Å². The molecule has 7 heavy (non-hydrogen) atoms. The Kier molecular flexibility index (Phi) is 2.47. The standard InChI is InChI=1S/C6H9O/c1-4-6(7)5(2)3/h5-7H,2-3H3. The molecule has 0 aliphatic heterocycles. The number of aliphatic hydroxyl groups is 1. The monoisotopic (exact) mass is 97.1 g/mol. The maximum atomic E-state index is 8.64. The van der Waals surface area contributed by atoms with Crippen molar-refractivity contribution in [2.24, 2.45) is 5.92 Å². The maximum absolute atomic E-state index is 8.64. The highest BCUT2D eigenvalue weighted by molar-refractivity contribution is 4.88. The highest BCUT2D eigenvalue weighted by Gasteiger charge is 2.01.